The van der Waals surface area contributed by atoms with Gasteiger partial charge in [-0.15, -0.1) is 0 Å². The molecule has 0 amide bonds. The van der Waals surface area contributed by atoms with E-state index in [1.54, 1.807) is 0 Å². The Morgan fingerprint density at radius 3 is 2.29 bits per heavy atom. The topological polar surface area (TPSA) is 69.1 Å². The van der Waals surface area contributed by atoms with Gasteiger partial charge in [-0.05, 0) is 29.4 Å². The van der Waals surface area contributed by atoms with Crippen LogP contribution in [0.25, 0.3) is 0 Å². The van der Waals surface area contributed by atoms with Gasteiger partial charge in [-0.3, -0.25) is 0 Å². The van der Waals surface area contributed by atoms with E-state index in [4.69, 9.17) is 11.5 Å². The minimum atomic E-state index is -2.60. The molecule has 4 heteroatoms. The summed E-state index contributed by atoms with van der Waals surface area (Å²) in [7, 11) is -2.60. The van der Waals surface area contributed by atoms with Crippen molar-refractivity contribution in [1.29, 1.82) is 0 Å². The monoisotopic (exact) mass is 242 g/mol. The molecule has 0 aromatic carbocycles. The molecule has 4 aliphatic rings. The van der Waals surface area contributed by atoms with Crippen LogP contribution in [0.2, 0.25) is 0 Å². The maximum absolute atomic E-state index is 13.3. The molecule has 2 heterocycles. The van der Waals surface area contributed by atoms with E-state index in [0.717, 1.165) is 27.5 Å². The molecule has 0 saturated carbocycles. The molecule has 3 nitrogen and oxygen atoms in total. The van der Waals surface area contributed by atoms with Crippen LogP contribution in [0.5, 0.6) is 0 Å². The highest BCUT2D eigenvalue weighted by Crippen LogP contribution is 2.76. The lowest BCUT2D eigenvalue weighted by Gasteiger charge is -2.21. The lowest BCUT2D eigenvalue weighted by atomic mass is 10.2. The van der Waals surface area contributed by atoms with Crippen molar-refractivity contribution in [2.75, 3.05) is 0 Å². The Kier molecular flexibility index (Phi) is 1.41. The number of hydrogen-bond donors (Lipinski definition) is 2. The van der Waals surface area contributed by atoms with Crippen LogP contribution in [0.4, 0.5) is 0 Å². The maximum atomic E-state index is 13.3. The van der Waals surface area contributed by atoms with Crippen LogP contribution in [0.3, 0.4) is 0 Å². The first-order chi connectivity index (χ1) is 8.12. The molecular formula is C13H11N2OP. The average Bonchev–Trinajstić information content (AvgIpc) is 2.96. The smallest absolute Gasteiger partial charge is 0.156 e. The average molecular weight is 242 g/mol. The molecule has 0 aromatic rings. The molecule has 2 unspecified atom stereocenters. The summed E-state index contributed by atoms with van der Waals surface area (Å²) in [4.78, 5) is 0. The summed E-state index contributed by atoms with van der Waals surface area (Å²) in [6.45, 7) is 0. The summed E-state index contributed by atoms with van der Waals surface area (Å²) in [5.74, 6) is 0. The van der Waals surface area contributed by atoms with Crippen molar-refractivity contribution < 1.29 is 4.57 Å². The molecule has 0 radical (unpaired) electrons. The summed E-state index contributed by atoms with van der Waals surface area (Å²) in [6, 6.07) is 0. The molecule has 2 aliphatic heterocycles. The highest BCUT2D eigenvalue weighted by molar-refractivity contribution is 7.74. The van der Waals surface area contributed by atoms with E-state index in [9.17, 15) is 4.57 Å². The maximum Gasteiger partial charge on any atom is 0.156 e. The first kappa shape index (κ1) is 9.32. The van der Waals surface area contributed by atoms with Crippen LogP contribution < -0.4 is 11.5 Å². The third-order valence-corrected chi connectivity index (χ3v) is 7.31. The number of fused-ring (bicyclic) bond motifs is 5. The zero-order valence-corrected chi connectivity index (χ0v) is 9.95. The Morgan fingerprint density at radius 1 is 1.00 bits per heavy atom. The Hall–Kier alpha value is -1.73. The first-order valence-electron chi connectivity index (χ1n) is 5.52. The second-order valence-corrected chi connectivity index (χ2v) is 7.52. The van der Waals surface area contributed by atoms with Gasteiger partial charge in [-0.1, -0.05) is 18.2 Å². The molecule has 0 aromatic heterocycles. The summed E-state index contributed by atoms with van der Waals surface area (Å²) >= 11 is 0. The molecule has 2 aliphatic carbocycles. The largest absolute Gasteiger partial charge is 0.398 e. The van der Waals surface area contributed by atoms with Crippen molar-refractivity contribution in [2.45, 2.75) is 5.66 Å². The number of hydrogen-bond acceptors (Lipinski definition) is 3. The molecule has 4 N–H and O–H groups in total. The van der Waals surface area contributed by atoms with Gasteiger partial charge in [-0.2, -0.15) is 0 Å². The quantitative estimate of drug-likeness (QED) is 0.691. The molecule has 2 atom stereocenters. The summed E-state index contributed by atoms with van der Waals surface area (Å²) in [6.07, 6.45) is 11.6. The van der Waals surface area contributed by atoms with Crippen molar-refractivity contribution >= 4 is 7.14 Å². The fourth-order valence-corrected chi connectivity index (χ4v) is 6.51. The second kappa shape index (κ2) is 2.57. The Balaban J connectivity index is 1.95. The normalized spacial score (nSPS) is 36.4. The van der Waals surface area contributed by atoms with Crippen LogP contribution in [-0.4, -0.2) is 5.66 Å². The van der Waals surface area contributed by atoms with E-state index < -0.39 is 7.14 Å². The second-order valence-electron chi connectivity index (χ2n) is 4.69. The number of rotatable bonds is 1. The van der Waals surface area contributed by atoms with E-state index in [1.807, 2.05) is 36.5 Å². The third-order valence-electron chi connectivity index (χ3n) is 3.84. The first-order valence-corrected chi connectivity index (χ1v) is 7.29. The SMILES string of the molecule is NC1=C2C=CC(=C1)C2P1(=O)C2=CC(N)=C1C=C2. The van der Waals surface area contributed by atoms with Crippen molar-refractivity contribution in [2.24, 2.45) is 11.5 Å². The lowest BCUT2D eigenvalue weighted by molar-refractivity contribution is 0.583. The van der Waals surface area contributed by atoms with Crippen LogP contribution in [0.15, 0.2) is 69.6 Å². The lowest BCUT2D eigenvalue weighted by Crippen LogP contribution is -2.08. The van der Waals surface area contributed by atoms with Gasteiger partial charge in [0.2, 0.25) is 0 Å². The van der Waals surface area contributed by atoms with E-state index >= 15 is 0 Å². The van der Waals surface area contributed by atoms with Gasteiger partial charge in [0, 0.05) is 22.0 Å². The van der Waals surface area contributed by atoms with Crippen molar-refractivity contribution in [3.63, 3.8) is 0 Å². The minimum absolute atomic E-state index is 0.0835. The van der Waals surface area contributed by atoms with E-state index in [-0.39, 0.29) is 5.66 Å². The predicted molar refractivity (Wildman–Crippen MR) is 68.3 cm³/mol. The molecule has 0 spiro atoms. The standard InChI is InChI=1S/C13H11N2OP/c14-10-5-7-1-3-9(10)13(7)17(16)8-2-4-12(17)11(15)6-8/h1-6,13H,14-15H2. The minimum Gasteiger partial charge on any atom is -0.398 e. The van der Waals surface area contributed by atoms with Crippen molar-refractivity contribution in [3.05, 3.63) is 69.6 Å². The highest BCUT2D eigenvalue weighted by Gasteiger charge is 2.50. The zero-order chi connectivity index (χ0) is 11.8. The Morgan fingerprint density at radius 2 is 1.82 bits per heavy atom. The van der Waals surface area contributed by atoms with Crippen LogP contribution in [-0.2, 0) is 4.57 Å². The van der Waals surface area contributed by atoms with Crippen LogP contribution in [0.1, 0.15) is 0 Å². The predicted octanol–water partition coefficient (Wildman–Crippen LogP) is 2.08. The van der Waals surface area contributed by atoms with E-state index in [1.165, 1.54) is 0 Å². The molecule has 17 heavy (non-hydrogen) atoms. The van der Waals surface area contributed by atoms with Gasteiger partial charge in [0.15, 0.2) is 7.14 Å². The fourth-order valence-electron chi connectivity index (χ4n) is 3.08. The molecule has 4 bridgehead atoms. The van der Waals surface area contributed by atoms with Crippen molar-refractivity contribution in [1.82, 2.24) is 0 Å². The van der Waals surface area contributed by atoms with Gasteiger partial charge in [-0.25, -0.2) is 0 Å². The van der Waals surface area contributed by atoms with Gasteiger partial charge < -0.3 is 16.0 Å². The molecule has 0 saturated heterocycles. The number of nitrogens with two attached hydrogens (primary N) is 2. The zero-order valence-electron chi connectivity index (χ0n) is 9.05. The van der Waals surface area contributed by atoms with Crippen LogP contribution in [0, 0.1) is 0 Å². The molecular weight excluding hydrogens is 231 g/mol. The fraction of sp³-hybridized carbons (Fsp3) is 0.0769. The van der Waals surface area contributed by atoms with Gasteiger partial charge in [0.05, 0.1) is 5.66 Å². The summed E-state index contributed by atoms with van der Waals surface area (Å²) < 4.78 is 13.3. The Labute approximate surface area is 98.9 Å². The molecule has 0 fully saturated rings. The molecule has 4 rings (SSSR count). The van der Waals surface area contributed by atoms with E-state index in [0.29, 0.717) is 5.70 Å². The van der Waals surface area contributed by atoms with Gasteiger partial charge in [0.1, 0.15) is 0 Å². The number of allylic oxidation sites excluding steroid dienone is 10. The van der Waals surface area contributed by atoms with E-state index in [2.05, 4.69) is 0 Å². The van der Waals surface area contributed by atoms with Gasteiger partial charge >= 0.3 is 0 Å². The highest BCUT2D eigenvalue weighted by atomic mass is 31.2. The summed E-state index contributed by atoms with van der Waals surface area (Å²) in [5.41, 5.74) is 15.2. The van der Waals surface area contributed by atoms with Crippen LogP contribution >= 0.6 is 7.14 Å². The molecule has 84 valence electrons. The third kappa shape index (κ3) is 0.850. The van der Waals surface area contributed by atoms with Gasteiger partial charge in [0.25, 0.3) is 0 Å². The van der Waals surface area contributed by atoms with Crippen molar-refractivity contribution in [3.8, 4) is 0 Å². The summed E-state index contributed by atoms with van der Waals surface area (Å²) in [5, 5.41) is 1.68. The Bertz CT molecular complexity index is 701.